The van der Waals surface area contributed by atoms with Gasteiger partial charge in [0.2, 0.25) is 5.91 Å². The second kappa shape index (κ2) is 9.81. The number of anilines is 1. The molecule has 3 aliphatic heterocycles. The van der Waals surface area contributed by atoms with Gasteiger partial charge in [0.25, 0.3) is 5.91 Å². The average Bonchev–Trinajstić information content (AvgIpc) is 3.18. The summed E-state index contributed by atoms with van der Waals surface area (Å²) in [4.78, 5) is 41.0. The van der Waals surface area contributed by atoms with E-state index in [1.807, 2.05) is 35.2 Å². The van der Waals surface area contributed by atoms with Crippen LogP contribution in [0.2, 0.25) is 0 Å². The van der Waals surface area contributed by atoms with Crippen LogP contribution in [0.4, 0.5) is 15.8 Å². The van der Waals surface area contributed by atoms with Crippen LogP contribution in [0.15, 0.2) is 58.5 Å². The van der Waals surface area contributed by atoms with E-state index in [2.05, 4.69) is 13.8 Å². The Balaban J connectivity index is 1.26. The zero-order chi connectivity index (χ0) is 24.5. The second-order valence-electron chi connectivity index (χ2n) is 9.29. The molecule has 35 heavy (non-hydrogen) atoms. The number of thioether (sulfide) groups is 1. The van der Waals surface area contributed by atoms with E-state index < -0.39 is 6.04 Å². The molecule has 0 saturated carbocycles. The number of hydrogen-bond donors (Lipinski definition) is 0. The van der Waals surface area contributed by atoms with Gasteiger partial charge in [0, 0.05) is 31.7 Å². The maximum absolute atomic E-state index is 14.1. The highest BCUT2D eigenvalue weighted by Crippen LogP contribution is 2.34. The van der Waals surface area contributed by atoms with Crippen molar-refractivity contribution >= 4 is 46.0 Å². The Labute approximate surface area is 208 Å². The molecule has 3 heterocycles. The van der Waals surface area contributed by atoms with E-state index in [9.17, 15) is 14.0 Å². The molecule has 1 fully saturated rings. The van der Waals surface area contributed by atoms with Crippen LogP contribution in [0.5, 0.6) is 0 Å². The van der Waals surface area contributed by atoms with E-state index in [1.54, 1.807) is 21.9 Å². The standard InChI is InChI=1S/C26H28FN5O2S/c1-17(2)15-21-25(34)32-24(28-21)18-7-3-5-9-20(18)29-26(32)35-16-23(33)31-13-11-30(12-14-31)22-10-6-4-8-19(22)27/h3-10,17,21H,11-16H2,1-2H3. The summed E-state index contributed by atoms with van der Waals surface area (Å²) in [6, 6.07) is 13.9. The smallest absolute Gasteiger partial charge is 0.259 e. The van der Waals surface area contributed by atoms with Gasteiger partial charge in [-0.1, -0.05) is 49.9 Å². The van der Waals surface area contributed by atoms with E-state index >= 15 is 0 Å². The Kier molecular flexibility index (Phi) is 6.60. The van der Waals surface area contributed by atoms with Gasteiger partial charge in [-0.05, 0) is 36.6 Å². The molecule has 1 atom stereocenters. The number of carbonyl (C=O) groups excluding carboxylic acids is 2. The lowest BCUT2D eigenvalue weighted by Crippen LogP contribution is -2.50. The highest BCUT2D eigenvalue weighted by molar-refractivity contribution is 8.14. The molecule has 0 N–H and O–H groups in total. The lowest BCUT2D eigenvalue weighted by atomic mass is 10.0. The van der Waals surface area contributed by atoms with Crippen molar-refractivity contribution in [1.82, 2.24) is 9.80 Å². The number of amides is 2. The first-order chi connectivity index (χ1) is 16.9. The van der Waals surface area contributed by atoms with Gasteiger partial charge in [0.1, 0.15) is 17.7 Å². The first-order valence-corrected chi connectivity index (χ1v) is 12.9. The third-order valence-corrected chi connectivity index (χ3v) is 7.32. The largest absolute Gasteiger partial charge is 0.366 e. The zero-order valence-corrected chi connectivity index (χ0v) is 20.7. The lowest BCUT2D eigenvalue weighted by Gasteiger charge is -2.36. The quantitative estimate of drug-likeness (QED) is 0.633. The van der Waals surface area contributed by atoms with Crippen LogP contribution in [-0.2, 0) is 9.59 Å². The topological polar surface area (TPSA) is 68.6 Å². The molecule has 182 valence electrons. The number of aliphatic imine (C=N–C) groups is 2. The van der Waals surface area contributed by atoms with E-state index in [4.69, 9.17) is 9.98 Å². The summed E-state index contributed by atoms with van der Waals surface area (Å²) in [5.41, 5.74) is 2.17. The fraction of sp³-hybridized carbons (Fsp3) is 0.385. The van der Waals surface area contributed by atoms with Gasteiger partial charge >= 0.3 is 0 Å². The molecule has 1 saturated heterocycles. The van der Waals surface area contributed by atoms with Gasteiger partial charge in [0.15, 0.2) is 5.17 Å². The molecule has 2 aromatic rings. The van der Waals surface area contributed by atoms with Crippen molar-refractivity contribution in [3.63, 3.8) is 0 Å². The van der Waals surface area contributed by atoms with Gasteiger partial charge in [-0.2, -0.15) is 0 Å². The fourth-order valence-electron chi connectivity index (χ4n) is 4.62. The maximum atomic E-state index is 14.1. The van der Waals surface area contributed by atoms with Gasteiger partial charge < -0.3 is 9.80 Å². The Morgan fingerprint density at radius 2 is 1.80 bits per heavy atom. The summed E-state index contributed by atoms with van der Waals surface area (Å²) in [6.45, 7) is 6.34. The first kappa shape index (κ1) is 23.5. The van der Waals surface area contributed by atoms with Crippen LogP contribution in [-0.4, -0.2) is 70.6 Å². The minimum atomic E-state index is -0.427. The first-order valence-electron chi connectivity index (χ1n) is 11.9. The molecular weight excluding hydrogens is 465 g/mol. The number of para-hydroxylation sites is 2. The number of halogens is 1. The van der Waals surface area contributed by atoms with Crippen LogP contribution in [0.3, 0.4) is 0 Å². The minimum absolute atomic E-state index is 0.0198. The SMILES string of the molecule is CC(C)CC1N=C2c3ccccc3N=C(SCC(=O)N3CCN(c4ccccc4F)CC3)N2C1=O. The predicted octanol–water partition coefficient (Wildman–Crippen LogP) is 3.91. The molecule has 1 unspecified atom stereocenters. The lowest BCUT2D eigenvalue weighted by molar-refractivity contribution is -0.128. The fourth-order valence-corrected chi connectivity index (χ4v) is 5.53. The van der Waals surface area contributed by atoms with E-state index in [1.165, 1.54) is 17.8 Å². The van der Waals surface area contributed by atoms with Crippen LogP contribution in [0, 0.1) is 11.7 Å². The van der Waals surface area contributed by atoms with Crippen molar-refractivity contribution in [1.29, 1.82) is 0 Å². The molecule has 0 aliphatic carbocycles. The Bertz CT molecular complexity index is 1210. The monoisotopic (exact) mass is 493 g/mol. The zero-order valence-electron chi connectivity index (χ0n) is 19.9. The minimum Gasteiger partial charge on any atom is -0.366 e. The van der Waals surface area contributed by atoms with Crippen molar-refractivity contribution in [2.75, 3.05) is 36.8 Å². The van der Waals surface area contributed by atoms with E-state index in [0.29, 0.717) is 55.2 Å². The molecule has 5 rings (SSSR count). The molecule has 0 radical (unpaired) electrons. The molecule has 3 aliphatic rings. The van der Waals surface area contributed by atoms with E-state index in [-0.39, 0.29) is 23.4 Å². The van der Waals surface area contributed by atoms with Crippen LogP contribution in [0.1, 0.15) is 25.8 Å². The normalized spacial score (nSPS) is 19.5. The number of rotatable bonds is 5. The Morgan fingerprint density at radius 1 is 1.09 bits per heavy atom. The van der Waals surface area contributed by atoms with Gasteiger partial charge in [-0.15, -0.1) is 0 Å². The van der Waals surface area contributed by atoms with Crippen molar-refractivity contribution in [3.8, 4) is 0 Å². The number of hydrogen-bond acceptors (Lipinski definition) is 6. The van der Waals surface area contributed by atoms with Gasteiger partial charge in [-0.25, -0.2) is 14.3 Å². The summed E-state index contributed by atoms with van der Waals surface area (Å²) >= 11 is 1.27. The van der Waals surface area contributed by atoms with Crippen molar-refractivity contribution in [3.05, 3.63) is 59.9 Å². The third kappa shape index (κ3) is 4.69. The van der Waals surface area contributed by atoms with E-state index in [0.717, 1.165) is 11.3 Å². The highest BCUT2D eigenvalue weighted by atomic mass is 32.2. The average molecular weight is 494 g/mol. The van der Waals surface area contributed by atoms with Crippen LogP contribution < -0.4 is 4.90 Å². The molecule has 2 amide bonds. The second-order valence-corrected chi connectivity index (χ2v) is 10.2. The van der Waals surface area contributed by atoms with Crippen molar-refractivity contribution in [2.45, 2.75) is 26.3 Å². The summed E-state index contributed by atoms with van der Waals surface area (Å²) < 4.78 is 14.1. The molecule has 0 bridgehead atoms. The predicted molar refractivity (Wildman–Crippen MR) is 138 cm³/mol. The molecule has 7 nitrogen and oxygen atoms in total. The molecule has 9 heteroatoms. The van der Waals surface area contributed by atoms with Gasteiger partial charge in [-0.3, -0.25) is 14.6 Å². The van der Waals surface area contributed by atoms with Crippen LogP contribution >= 0.6 is 11.8 Å². The summed E-state index contributed by atoms with van der Waals surface area (Å²) in [5.74, 6) is 0.783. The van der Waals surface area contributed by atoms with Crippen LogP contribution in [0.25, 0.3) is 0 Å². The Hall–Kier alpha value is -3.20. The van der Waals surface area contributed by atoms with Crippen molar-refractivity contribution < 1.29 is 14.0 Å². The number of amidine groups is 2. The van der Waals surface area contributed by atoms with Crippen molar-refractivity contribution in [2.24, 2.45) is 15.9 Å². The molecule has 2 aromatic carbocycles. The summed E-state index contributed by atoms with van der Waals surface area (Å²) in [7, 11) is 0. The summed E-state index contributed by atoms with van der Waals surface area (Å²) in [6.07, 6.45) is 0.671. The number of carbonyl (C=O) groups is 2. The number of benzene rings is 2. The highest BCUT2D eigenvalue weighted by Gasteiger charge is 2.41. The maximum Gasteiger partial charge on any atom is 0.259 e. The molecule has 0 spiro atoms. The summed E-state index contributed by atoms with van der Waals surface area (Å²) in [5, 5.41) is 0.497. The van der Waals surface area contributed by atoms with Gasteiger partial charge in [0.05, 0.1) is 17.1 Å². The molecule has 0 aromatic heterocycles. The Morgan fingerprint density at radius 3 is 2.54 bits per heavy atom. The molecular formula is C26H28FN5O2S. The number of nitrogens with zero attached hydrogens (tertiary/aromatic N) is 5. The number of fused-ring (bicyclic) bond motifs is 3. The third-order valence-electron chi connectivity index (χ3n) is 6.39. The number of piperazine rings is 1.